The van der Waals surface area contributed by atoms with Crippen LogP contribution in [0.3, 0.4) is 0 Å². The average molecular weight is 283 g/mol. The van der Waals surface area contributed by atoms with Crippen molar-refractivity contribution in [1.29, 1.82) is 0 Å². The van der Waals surface area contributed by atoms with Gasteiger partial charge in [0.05, 0.1) is 5.41 Å². The van der Waals surface area contributed by atoms with Crippen LogP contribution in [0.4, 0.5) is 0 Å². The van der Waals surface area contributed by atoms with Crippen molar-refractivity contribution in [3.8, 4) is 0 Å². The molecule has 2 aromatic rings. The topological polar surface area (TPSA) is 51.0 Å². The Hall–Kier alpha value is -1.68. The molecule has 4 rings (SSSR count). The SMILES string of the molecule is c1ccc(C2(c3nc(C4CCC4)no3)CCNCC2)cc1. The van der Waals surface area contributed by atoms with Crippen LogP contribution in [0.15, 0.2) is 34.9 Å². The first-order valence-electron chi connectivity index (χ1n) is 7.99. The Morgan fingerprint density at radius 3 is 2.52 bits per heavy atom. The highest BCUT2D eigenvalue weighted by Crippen LogP contribution is 2.41. The van der Waals surface area contributed by atoms with Gasteiger partial charge in [0.2, 0.25) is 5.89 Å². The monoisotopic (exact) mass is 283 g/mol. The van der Waals surface area contributed by atoms with Gasteiger partial charge in [0.15, 0.2) is 5.82 Å². The first-order valence-corrected chi connectivity index (χ1v) is 7.99. The van der Waals surface area contributed by atoms with Crippen molar-refractivity contribution in [3.05, 3.63) is 47.6 Å². The summed E-state index contributed by atoms with van der Waals surface area (Å²) in [6.07, 6.45) is 5.74. The quantitative estimate of drug-likeness (QED) is 0.940. The number of hydrogen-bond donors (Lipinski definition) is 1. The highest BCUT2D eigenvalue weighted by Gasteiger charge is 2.41. The molecule has 21 heavy (non-hydrogen) atoms. The fraction of sp³-hybridized carbons (Fsp3) is 0.529. The third-order valence-electron chi connectivity index (χ3n) is 5.10. The molecule has 1 saturated carbocycles. The Morgan fingerprint density at radius 2 is 1.86 bits per heavy atom. The van der Waals surface area contributed by atoms with Crippen LogP contribution in [-0.4, -0.2) is 23.2 Å². The third kappa shape index (κ3) is 2.18. The molecule has 2 aliphatic rings. The van der Waals surface area contributed by atoms with Gasteiger partial charge in [-0.25, -0.2) is 0 Å². The van der Waals surface area contributed by atoms with E-state index in [2.05, 4.69) is 40.8 Å². The fourth-order valence-corrected chi connectivity index (χ4v) is 3.50. The Morgan fingerprint density at radius 1 is 1.10 bits per heavy atom. The Kier molecular flexibility index (Phi) is 3.26. The highest BCUT2D eigenvalue weighted by molar-refractivity contribution is 5.33. The van der Waals surface area contributed by atoms with E-state index in [1.54, 1.807) is 0 Å². The lowest BCUT2D eigenvalue weighted by Crippen LogP contribution is -2.41. The van der Waals surface area contributed by atoms with Crippen molar-refractivity contribution >= 4 is 0 Å². The van der Waals surface area contributed by atoms with Gasteiger partial charge >= 0.3 is 0 Å². The van der Waals surface area contributed by atoms with E-state index >= 15 is 0 Å². The first kappa shape index (κ1) is 13.0. The van der Waals surface area contributed by atoms with Gasteiger partial charge in [-0.2, -0.15) is 4.98 Å². The zero-order chi connectivity index (χ0) is 14.1. The van der Waals surface area contributed by atoms with Crippen molar-refractivity contribution in [2.45, 2.75) is 43.4 Å². The van der Waals surface area contributed by atoms with Crippen LogP contribution < -0.4 is 5.32 Å². The van der Waals surface area contributed by atoms with Crippen molar-refractivity contribution in [3.63, 3.8) is 0 Å². The van der Waals surface area contributed by atoms with Gasteiger partial charge in [-0.3, -0.25) is 0 Å². The maximum Gasteiger partial charge on any atom is 0.237 e. The number of hydrogen-bond acceptors (Lipinski definition) is 4. The molecule has 1 aliphatic heterocycles. The molecule has 0 amide bonds. The summed E-state index contributed by atoms with van der Waals surface area (Å²) in [5, 5.41) is 7.72. The van der Waals surface area contributed by atoms with Gasteiger partial charge in [0.25, 0.3) is 0 Å². The Labute approximate surface area is 124 Å². The van der Waals surface area contributed by atoms with Gasteiger partial charge in [-0.15, -0.1) is 0 Å². The van der Waals surface area contributed by atoms with E-state index in [1.165, 1.54) is 24.8 Å². The minimum absolute atomic E-state index is 0.110. The molecule has 1 aliphatic carbocycles. The largest absolute Gasteiger partial charge is 0.338 e. The van der Waals surface area contributed by atoms with Gasteiger partial charge in [-0.05, 0) is 44.3 Å². The van der Waals surface area contributed by atoms with Gasteiger partial charge < -0.3 is 9.84 Å². The second-order valence-electron chi connectivity index (χ2n) is 6.28. The van der Waals surface area contributed by atoms with Crippen molar-refractivity contribution in [1.82, 2.24) is 15.5 Å². The average Bonchev–Trinajstić information content (AvgIpc) is 2.97. The summed E-state index contributed by atoms with van der Waals surface area (Å²) < 4.78 is 5.73. The number of nitrogens with one attached hydrogen (secondary N) is 1. The molecule has 2 heterocycles. The zero-order valence-electron chi connectivity index (χ0n) is 12.2. The van der Waals surface area contributed by atoms with Crippen LogP contribution in [0.1, 0.15) is 55.3 Å². The van der Waals surface area contributed by atoms with Gasteiger partial charge in [0, 0.05) is 5.92 Å². The van der Waals surface area contributed by atoms with Crippen LogP contribution in [0.5, 0.6) is 0 Å². The maximum absolute atomic E-state index is 5.73. The summed E-state index contributed by atoms with van der Waals surface area (Å²) in [6, 6.07) is 10.6. The lowest BCUT2D eigenvalue weighted by molar-refractivity contribution is 0.257. The Balaban J connectivity index is 1.73. The van der Waals surface area contributed by atoms with E-state index in [-0.39, 0.29) is 5.41 Å². The van der Waals surface area contributed by atoms with E-state index in [0.717, 1.165) is 37.6 Å². The summed E-state index contributed by atoms with van der Waals surface area (Å²) in [5.41, 5.74) is 1.19. The van der Waals surface area contributed by atoms with E-state index in [4.69, 9.17) is 9.51 Å². The van der Waals surface area contributed by atoms with Crippen molar-refractivity contribution in [2.75, 3.05) is 13.1 Å². The number of nitrogens with zero attached hydrogens (tertiary/aromatic N) is 2. The lowest BCUT2D eigenvalue weighted by atomic mass is 9.73. The summed E-state index contributed by atoms with van der Waals surface area (Å²) in [6.45, 7) is 1.99. The van der Waals surface area contributed by atoms with Crippen LogP contribution in [0, 0.1) is 0 Å². The number of benzene rings is 1. The molecule has 1 aromatic heterocycles. The van der Waals surface area contributed by atoms with Crippen molar-refractivity contribution in [2.24, 2.45) is 0 Å². The second-order valence-corrected chi connectivity index (χ2v) is 6.28. The summed E-state index contributed by atoms with van der Waals surface area (Å²) in [5.74, 6) is 2.26. The third-order valence-corrected chi connectivity index (χ3v) is 5.10. The zero-order valence-corrected chi connectivity index (χ0v) is 12.2. The minimum Gasteiger partial charge on any atom is -0.338 e. The van der Waals surface area contributed by atoms with E-state index in [9.17, 15) is 0 Å². The molecule has 0 radical (unpaired) electrons. The van der Waals surface area contributed by atoms with Gasteiger partial charge in [-0.1, -0.05) is 41.9 Å². The van der Waals surface area contributed by atoms with Crippen LogP contribution >= 0.6 is 0 Å². The van der Waals surface area contributed by atoms with Crippen LogP contribution in [0.25, 0.3) is 0 Å². The van der Waals surface area contributed by atoms with E-state index in [1.807, 2.05) is 0 Å². The molecule has 0 bridgehead atoms. The lowest BCUT2D eigenvalue weighted by Gasteiger charge is -2.34. The number of rotatable bonds is 3. The molecule has 4 heteroatoms. The van der Waals surface area contributed by atoms with Crippen LogP contribution in [-0.2, 0) is 5.41 Å². The number of aromatic nitrogens is 2. The molecule has 4 nitrogen and oxygen atoms in total. The number of piperidine rings is 1. The molecule has 0 atom stereocenters. The summed E-state index contributed by atoms with van der Waals surface area (Å²) in [4.78, 5) is 4.80. The summed E-state index contributed by atoms with van der Waals surface area (Å²) in [7, 11) is 0. The minimum atomic E-state index is -0.110. The predicted molar refractivity (Wildman–Crippen MR) is 80.2 cm³/mol. The van der Waals surface area contributed by atoms with Gasteiger partial charge in [0.1, 0.15) is 0 Å². The molecular weight excluding hydrogens is 262 g/mol. The fourth-order valence-electron chi connectivity index (χ4n) is 3.50. The van der Waals surface area contributed by atoms with E-state index in [0.29, 0.717) is 5.92 Å². The maximum atomic E-state index is 5.73. The molecule has 0 unspecified atom stereocenters. The smallest absolute Gasteiger partial charge is 0.237 e. The van der Waals surface area contributed by atoms with E-state index < -0.39 is 0 Å². The first-order chi connectivity index (χ1) is 10.4. The molecule has 2 fully saturated rings. The standard InChI is InChI=1S/C17H21N3O/c1-2-7-14(8-3-1)17(9-11-18-12-10-17)16-19-15(20-21-16)13-5-4-6-13/h1-3,7-8,13,18H,4-6,9-12H2. The molecular formula is C17H21N3O. The molecule has 110 valence electrons. The van der Waals surface area contributed by atoms with Crippen molar-refractivity contribution < 1.29 is 4.52 Å². The van der Waals surface area contributed by atoms with Crippen LogP contribution in [0.2, 0.25) is 0 Å². The molecule has 0 spiro atoms. The molecule has 1 N–H and O–H groups in total. The molecule has 1 aromatic carbocycles. The predicted octanol–water partition coefficient (Wildman–Crippen LogP) is 3.01. The molecule has 1 saturated heterocycles. The highest BCUT2D eigenvalue weighted by atomic mass is 16.5. The Bertz CT molecular complexity index is 598. The second kappa shape index (κ2) is 5.26. The summed E-state index contributed by atoms with van der Waals surface area (Å²) >= 11 is 0. The normalized spacial score (nSPS) is 21.9.